The molecule has 1 rings (SSSR count). The smallest absolute Gasteiger partial charge is 0.0498 e. The SMILES string of the molecule is [S-]CCc1ccccc1. The van der Waals surface area contributed by atoms with E-state index in [9.17, 15) is 0 Å². The maximum atomic E-state index is 4.83. The molecule has 0 radical (unpaired) electrons. The second-order valence-electron chi connectivity index (χ2n) is 1.94. The standard InChI is InChI=1S/C8H10S/c9-7-6-8-4-2-1-3-5-8/h1-5,9H,6-7H2/p-1. The van der Waals surface area contributed by atoms with Gasteiger partial charge in [0, 0.05) is 0 Å². The Morgan fingerprint density at radius 2 is 1.78 bits per heavy atom. The fourth-order valence-corrected chi connectivity index (χ4v) is 0.998. The van der Waals surface area contributed by atoms with E-state index in [1.54, 1.807) is 0 Å². The second-order valence-corrected chi connectivity index (χ2v) is 2.35. The van der Waals surface area contributed by atoms with Crippen LogP contribution < -0.4 is 0 Å². The van der Waals surface area contributed by atoms with Gasteiger partial charge < -0.3 is 12.6 Å². The van der Waals surface area contributed by atoms with Crippen molar-refractivity contribution in [3.63, 3.8) is 0 Å². The minimum Gasteiger partial charge on any atom is -0.792 e. The van der Waals surface area contributed by atoms with E-state index >= 15 is 0 Å². The Balaban J connectivity index is 2.61. The third kappa shape index (κ3) is 2.10. The van der Waals surface area contributed by atoms with Crippen LogP contribution in [0.3, 0.4) is 0 Å². The van der Waals surface area contributed by atoms with E-state index in [1.807, 2.05) is 18.2 Å². The molecule has 0 aliphatic carbocycles. The topological polar surface area (TPSA) is 0 Å². The summed E-state index contributed by atoms with van der Waals surface area (Å²) in [4.78, 5) is 0. The molecule has 9 heavy (non-hydrogen) atoms. The van der Waals surface area contributed by atoms with Gasteiger partial charge >= 0.3 is 0 Å². The van der Waals surface area contributed by atoms with Gasteiger partial charge in [0.2, 0.25) is 0 Å². The predicted molar refractivity (Wildman–Crippen MR) is 42.4 cm³/mol. The van der Waals surface area contributed by atoms with Gasteiger partial charge in [0.25, 0.3) is 0 Å². The minimum atomic E-state index is 0.823. The van der Waals surface area contributed by atoms with Gasteiger partial charge in [0.05, 0.1) is 0 Å². The van der Waals surface area contributed by atoms with Crippen LogP contribution in [0.5, 0.6) is 0 Å². The van der Waals surface area contributed by atoms with Gasteiger partial charge in [0.1, 0.15) is 0 Å². The lowest BCUT2D eigenvalue weighted by molar-refractivity contribution is 1.16. The van der Waals surface area contributed by atoms with Crippen LogP contribution in [0.1, 0.15) is 5.56 Å². The van der Waals surface area contributed by atoms with Crippen molar-refractivity contribution in [3.8, 4) is 0 Å². The molecule has 0 nitrogen and oxygen atoms in total. The van der Waals surface area contributed by atoms with Crippen molar-refractivity contribution < 1.29 is 0 Å². The van der Waals surface area contributed by atoms with Crippen molar-refractivity contribution in [2.24, 2.45) is 0 Å². The van der Waals surface area contributed by atoms with Crippen molar-refractivity contribution in [1.82, 2.24) is 0 Å². The molecule has 0 N–H and O–H groups in total. The third-order valence-electron chi connectivity index (χ3n) is 1.23. The lowest BCUT2D eigenvalue weighted by atomic mass is 10.2. The molecule has 0 bridgehead atoms. The van der Waals surface area contributed by atoms with Crippen LogP contribution in [0.25, 0.3) is 0 Å². The summed E-state index contributed by atoms with van der Waals surface area (Å²) in [5.41, 5.74) is 1.34. The normalized spacial score (nSPS) is 9.44. The molecule has 0 unspecified atom stereocenters. The van der Waals surface area contributed by atoms with E-state index in [1.165, 1.54) is 5.56 Å². The van der Waals surface area contributed by atoms with Crippen molar-refractivity contribution in [1.29, 1.82) is 0 Å². The van der Waals surface area contributed by atoms with Crippen molar-refractivity contribution in [2.45, 2.75) is 6.42 Å². The summed E-state index contributed by atoms with van der Waals surface area (Å²) in [6, 6.07) is 10.3. The molecule has 1 heteroatoms. The first kappa shape index (κ1) is 6.69. The molecule has 0 aromatic heterocycles. The van der Waals surface area contributed by atoms with Gasteiger partial charge in [-0.05, 0) is 12.0 Å². The van der Waals surface area contributed by atoms with Gasteiger partial charge in [-0.25, -0.2) is 0 Å². The van der Waals surface area contributed by atoms with Crippen LogP contribution in [-0.2, 0) is 19.0 Å². The quantitative estimate of drug-likeness (QED) is 0.560. The van der Waals surface area contributed by atoms with E-state index in [0.29, 0.717) is 0 Å². The largest absolute Gasteiger partial charge is 0.792 e. The molecule has 0 saturated heterocycles. The van der Waals surface area contributed by atoms with Crippen LogP contribution in [0, 0.1) is 0 Å². The maximum absolute atomic E-state index is 4.83. The Labute approximate surface area is 61.3 Å². The summed E-state index contributed by atoms with van der Waals surface area (Å²) in [6.07, 6.45) is 1.02. The Morgan fingerprint density at radius 1 is 1.11 bits per heavy atom. The Kier molecular flexibility index (Phi) is 2.65. The number of hydrogen-bond donors (Lipinski definition) is 0. The summed E-state index contributed by atoms with van der Waals surface area (Å²) in [5.74, 6) is 0.823. The third-order valence-corrected chi connectivity index (χ3v) is 1.44. The average Bonchev–Trinajstić information content (AvgIpc) is 1.91. The zero-order chi connectivity index (χ0) is 6.53. The molecule has 0 saturated carbocycles. The highest BCUT2D eigenvalue weighted by Gasteiger charge is 1.81. The van der Waals surface area contributed by atoms with E-state index in [0.717, 1.165) is 12.2 Å². The van der Waals surface area contributed by atoms with E-state index in [4.69, 9.17) is 12.6 Å². The van der Waals surface area contributed by atoms with Crippen LogP contribution in [0.4, 0.5) is 0 Å². The number of hydrogen-bond acceptors (Lipinski definition) is 1. The van der Waals surface area contributed by atoms with E-state index < -0.39 is 0 Å². The highest BCUT2D eigenvalue weighted by Crippen LogP contribution is 1.97. The first-order chi connectivity index (χ1) is 4.43. The lowest BCUT2D eigenvalue weighted by Crippen LogP contribution is -1.85. The molecule has 1 aromatic rings. The van der Waals surface area contributed by atoms with Gasteiger partial charge in [0.15, 0.2) is 0 Å². The van der Waals surface area contributed by atoms with Crippen molar-refractivity contribution >= 4 is 12.6 Å². The zero-order valence-electron chi connectivity index (χ0n) is 5.21. The average molecular weight is 137 g/mol. The molecular formula is C8H9S-. The van der Waals surface area contributed by atoms with Crippen LogP contribution in [-0.4, -0.2) is 5.75 Å². The molecule has 0 heterocycles. The number of aryl methyl sites for hydroxylation is 1. The fraction of sp³-hybridized carbons (Fsp3) is 0.250. The monoisotopic (exact) mass is 137 g/mol. The van der Waals surface area contributed by atoms with Gasteiger partial charge in [-0.15, -0.1) is 0 Å². The van der Waals surface area contributed by atoms with E-state index in [-0.39, 0.29) is 0 Å². The van der Waals surface area contributed by atoms with Crippen LogP contribution >= 0.6 is 0 Å². The first-order valence-corrected chi connectivity index (χ1v) is 3.63. The molecule has 48 valence electrons. The summed E-state index contributed by atoms with van der Waals surface area (Å²) in [7, 11) is 0. The maximum Gasteiger partial charge on any atom is -0.0498 e. The molecule has 1 aromatic carbocycles. The Bertz CT molecular complexity index is 157. The van der Waals surface area contributed by atoms with Gasteiger partial charge in [-0.1, -0.05) is 30.3 Å². The predicted octanol–water partition coefficient (Wildman–Crippen LogP) is 1.78. The zero-order valence-corrected chi connectivity index (χ0v) is 6.03. The highest BCUT2D eigenvalue weighted by atomic mass is 32.1. The molecular weight excluding hydrogens is 128 g/mol. The van der Waals surface area contributed by atoms with Gasteiger partial charge in [-0.2, -0.15) is 5.75 Å². The van der Waals surface area contributed by atoms with Crippen molar-refractivity contribution in [3.05, 3.63) is 35.9 Å². The van der Waals surface area contributed by atoms with Crippen LogP contribution in [0.2, 0.25) is 0 Å². The molecule has 0 fully saturated rings. The summed E-state index contributed by atoms with van der Waals surface area (Å²) < 4.78 is 0. The second kappa shape index (κ2) is 3.57. The highest BCUT2D eigenvalue weighted by molar-refractivity contribution is 7.58. The van der Waals surface area contributed by atoms with Crippen LogP contribution in [0.15, 0.2) is 30.3 Å². The summed E-state index contributed by atoms with van der Waals surface area (Å²) >= 11 is 4.83. The molecule has 0 spiro atoms. The Hall–Kier alpha value is -0.430. The first-order valence-electron chi connectivity index (χ1n) is 3.05. The van der Waals surface area contributed by atoms with Gasteiger partial charge in [-0.3, -0.25) is 0 Å². The molecule has 0 atom stereocenters. The number of benzene rings is 1. The summed E-state index contributed by atoms with van der Waals surface area (Å²) in [6.45, 7) is 0. The van der Waals surface area contributed by atoms with E-state index in [2.05, 4.69) is 12.1 Å². The summed E-state index contributed by atoms with van der Waals surface area (Å²) in [5, 5.41) is 0. The van der Waals surface area contributed by atoms with Crippen molar-refractivity contribution in [2.75, 3.05) is 5.75 Å². The molecule has 0 amide bonds. The molecule has 0 aliphatic heterocycles. The fourth-order valence-electron chi connectivity index (χ4n) is 0.763. The Morgan fingerprint density at radius 3 is 2.33 bits per heavy atom. The number of rotatable bonds is 2. The lowest BCUT2D eigenvalue weighted by Gasteiger charge is -2.01. The minimum absolute atomic E-state index is 0.823. The molecule has 0 aliphatic rings.